The zero-order valence-electron chi connectivity index (χ0n) is 14.4. The average Bonchev–Trinajstić information content (AvgIpc) is 2.58. The van der Waals surface area contributed by atoms with Crippen LogP contribution < -0.4 is 9.03 Å². The van der Waals surface area contributed by atoms with Gasteiger partial charge in [-0.1, -0.05) is 23.8 Å². The number of anilines is 1. The highest BCUT2D eigenvalue weighted by atomic mass is 32.2. The Morgan fingerprint density at radius 2 is 1.73 bits per heavy atom. The fourth-order valence-corrected chi connectivity index (χ4v) is 4.24. The van der Waals surface area contributed by atoms with E-state index in [1.807, 2.05) is 13.0 Å². The summed E-state index contributed by atoms with van der Waals surface area (Å²) in [6, 6.07) is 14.4. The first-order valence-corrected chi connectivity index (χ1v) is 11.0. The standard InChI is InChI=1S/C17H19N3O4S2/c1-14-6-8-17(9-7-14)26(23,24)19-10-11-20(25(2,21)22)16-5-3-4-15(12-16)13-18/h3-9,12,19H,10-11H2,1-2H3. The molecule has 0 bridgehead atoms. The van der Waals surface area contributed by atoms with Gasteiger partial charge in [-0.15, -0.1) is 0 Å². The Bertz CT molecular complexity index is 1020. The molecule has 0 fully saturated rings. The lowest BCUT2D eigenvalue weighted by atomic mass is 10.2. The summed E-state index contributed by atoms with van der Waals surface area (Å²) in [4.78, 5) is 0.112. The van der Waals surface area contributed by atoms with Crippen molar-refractivity contribution >= 4 is 25.7 Å². The molecule has 0 saturated carbocycles. The van der Waals surface area contributed by atoms with Gasteiger partial charge in [0, 0.05) is 13.1 Å². The number of nitrogens with one attached hydrogen (secondary N) is 1. The zero-order valence-corrected chi connectivity index (χ0v) is 16.0. The summed E-state index contributed by atoms with van der Waals surface area (Å²) in [5.74, 6) is 0. The van der Waals surface area contributed by atoms with Crippen molar-refractivity contribution in [1.82, 2.24) is 4.72 Å². The van der Waals surface area contributed by atoms with E-state index in [0.29, 0.717) is 11.3 Å². The van der Waals surface area contributed by atoms with Crippen molar-refractivity contribution < 1.29 is 16.8 Å². The summed E-state index contributed by atoms with van der Waals surface area (Å²) in [5, 5.41) is 8.97. The van der Waals surface area contributed by atoms with Gasteiger partial charge in [0.1, 0.15) is 0 Å². The molecule has 7 nitrogen and oxygen atoms in total. The predicted molar refractivity (Wildman–Crippen MR) is 99.7 cm³/mol. The van der Waals surface area contributed by atoms with Crippen LogP contribution in [0.25, 0.3) is 0 Å². The fourth-order valence-electron chi connectivity index (χ4n) is 2.30. The van der Waals surface area contributed by atoms with Crippen LogP contribution in [0.4, 0.5) is 5.69 Å². The molecule has 1 N–H and O–H groups in total. The number of aryl methyl sites for hydroxylation is 1. The van der Waals surface area contributed by atoms with E-state index in [1.54, 1.807) is 30.3 Å². The highest BCUT2D eigenvalue weighted by Crippen LogP contribution is 2.18. The van der Waals surface area contributed by atoms with Crippen LogP contribution in [0, 0.1) is 18.3 Å². The summed E-state index contributed by atoms with van der Waals surface area (Å²) in [6.07, 6.45) is 1.03. The van der Waals surface area contributed by atoms with Gasteiger partial charge >= 0.3 is 0 Å². The van der Waals surface area contributed by atoms with Gasteiger partial charge in [-0.05, 0) is 37.3 Å². The van der Waals surface area contributed by atoms with E-state index in [1.165, 1.54) is 18.2 Å². The van der Waals surface area contributed by atoms with Gasteiger partial charge in [-0.25, -0.2) is 21.6 Å². The molecule has 2 rings (SSSR count). The first-order valence-electron chi connectivity index (χ1n) is 7.68. The topological polar surface area (TPSA) is 107 Å². The van der Waals surface area contributed by atoms with Crippen molar-refractivity contribution in [2.75, 3.05) is 23.7 Å². The summed E-state index contributed by atoms with van der Waals surface area (Å²) in [5.41, 5.74) is 1.56. The largest absolute Gasteiger partial charge is 0.269 e. The summed E-state index contributed by atoms with van der Waals surface area (Å²) < 4.78 is 52.2. The van der Waals surface area contributed by atoms with Crippen LogP contribution in [0.15, 0.2) is 53.4 Å². The number of hydrogen-bond donors (Lipinski definition) is 1. The van der Waals surface area contributed by atoms with Gasteiger partial charge in [0.15, 0.2) is 0 Å². The van der Waals surface area contributed by atoms with Crippen molar-refractivity contribution in [3.05, 3.63) is 59.7 Å². The molecule has 9 heteroatoms. The number of rotatable bonds is 7. The van der Waals surface area contributed by atoms with Crippen molar-refractivity contribution in [3.63, 3.8) is 0 Å². The van der Waals surface area contributed by atoms with Crippen molar-refractivity contribution in [3.8, 4) is 6.07 Å². The first-order chi connectivity index (χ1) is 12.1. The Morgan fingerprint density at radius 3 is 2.31 bits per heavy atom. The van der Waals surface area contributed by atoms with E-state index in [4.69, 9.17) is 5.26 Å². The van der Waals surface area contributed by atoms with Gasteiger partial charge < -0.3 is 0 Å². The number of benzene rings is 2. The van der Waals surface area contributed by atoms with Gasteiger partial charge in [0.05, 0.1) is 28.5 Å². The van der Waals surface area contributed by atoms with Crippen LogP contribution >= 0.6 is 0 Å². The highest BCUT2D eigenvalue weighted by Gasteiger charge is 2.19. The monoisotopic (exact) mass is 393 g/mol. The second-order valence-electron chi connectivity index (χ2n) is 5.71. The van der Waals surface area contributed by atoms with E-state index >= 15 is 0 Å². The lowest BCUT2D eigenvalue weighted by Gasteiger charge is -2.22. The minimum absolute atomic E-state index is 0.0984. The minimum Gasteiger partial charge on any atom is -0.269 e. The van der Waals surface area contributed by atoms with Crippen molar-refractivity contribution in [1.29, 1.82) is 5.26 Å². The second kappa shape index (κ2) is 7.86. The molecule has 2 aromatic rings. The maximum Gasteiger partial charge on any atom is 0.240 e. The van der Waals surface area contributed by atoms with E-state index in [-0.39, 0.29) is 18.0 Å². The Balaban J connectivity index is 2.15. The van der Waals surface area contributed by atoms with Gasteiger partial charge in [-0.2, -0.15) is 5.26 Å². The molecule has 0 unspecified atom stereocenters. The zero-order chi connectivity index (χ0) is 19.4. The van der Waals surface area contributed by atoms with Crippen LogP contribution in [0.2, 0.25) is 0 Å². The quantitative estimate of drug-likeness (QED) is 0.769. The normalized spacial score (nSPS) is 11.7. The van der Waals surface area contributed by atoms with Gasteiger partial charge in [0.2, 0.25) is 20.0 Å². The number of sulfonamides is 2. The maximum atomic E-state index is 12.3. The Hall–Kier alpha value is -2.41. The smallest absolute Gasteiger partial charge is 0.240 e. The summed E-state index contributed by atoms with van der Waals surface area (Å²) >= 11 is 0. The van der Waals surface area contributed by atoms with Crippen LogP contribution in [0.3, 0.4) is 0 Å². The average molecular weight is 393 g/mol. The number of nitrogens with zero attached hydrogens (tertiary/aromatic N) is 2. The molecule has 0 radical (unpaired) electrons. The van der Waals surface area contributed by atoms with Crippen LogP contribution in [0.5, 0.6) is 0 Å². The molecule has 0 saturated heterocycles. The Labute approximate surface area is 154 Å². The lowest BCUT2D eigenvalue weighted by Crippen LogP contribution is -2.38. The van der Waals surface area contributed by atoms with Crippen LogP contribution in [0.1, 0.15) is 11.1 Å². The van der Waals surface area contributed by atoms with E-state index < -0.39 is 20.0 Å². The highest BCUT2D eigenvalue weighted by molar-refractivity contribution is 7.92. The molecule has 0 spiro atoms. The molecule has 0 atom stereocenters. The van der Waals surface area contributed by atoms with Gasteiger partial charge in [-0.3, -0.25) is 4.31 Å². The molecule has 26 heavy (non-hydrogen) atoms. The molecule has 0 amide bonds. The molecular formula is C17H19N3O4S2. The SMILES string of the molecule is Cc1ccc(S(=O)(=O)NCCN(c2cccc(C#N)c2)S(C)(=O)=O)cc1. The summed E-state index contributed by atoms with van der Waals surface area (Å²) in [6.45, 7) is 1.64. The fraction of sp³-hybridized carbons (Fsp3) is 0.235. The van der Waals surface area contributed by atoms with E-state index in [2.05, 4.69) is 4.72 Å². The van der Waals surface area contributed by atoms with E-state index in [9.17, 15) is 16.8 Å². The third-order valence-corrected chi connectivity index (χ3v) is 6.27. The molecule has 138 valence electrons. The molecule has 0 aliphatic rings. The lowest BCUT2D eigenvalue weighted by molar-refractivity contribution is 0.578. The number of nitriles is 1. The Kier molecular flexibility index (Phi) is 6.02. The first kappa shape index (κ1) is 19.9. The molecule has 2 aromatic carbocycles. The maximum absolute atomic E-state index is 12.3. The van der Waals surface area contributed by atoms with Crippen molar-refractivity contribution in [2.45, 2.75) is 11.8 Å². The minimum atomic E-state index is -3.74. The third kappa shape index (κ3) is 5.05. The number of hydrogen-bond acceptors (Lipinski definition) is 5. The van der Waals surface area contributed by atoms with Crippen molar-refractivity contribution in [2.24, 2.45) is 0 Å². The summed E-state index contributed by atoms with van der Waals surface area (Å²) in [7, 11) is -7.38. The van der Waals surface area contributed by atoms with E-state index in [0.717, 1.165) is 16.1 Å². The predicted octanol–water partition coefficient (Wildman–Crippen LogP) is 1.61. The molecule has 0 aliphatic heterocycles. The van der Waals surface area contributed by atoms with Gasteiger partial charge in [0.25, 0.3) is 0 Å². The Morgan fingerprint density at radius 1 is 1.08 bits per heavy atom. The van der Waals surface area contributed by atoms with Crippen LogP contribution in [-0.4, -0.2) is 36.2 Å². The third-order valence-electron chi connectivity index (χ3n) is 3.60. The second-order valence-corrected chi connectivity index (χ2v) is 9.38. The van der Waals surface area contributed by atoms with Crippen LogP contribution in [-0.2, 0) is 20.0 Å². The molecule has 0 aliphatic carbocycles. The molecular weight excluding hydrogens is 374 g/mol. The molecule has 0 aromatic heterocycles. The molecule has 0 heterocycles.